The SMILES string of the molecule is O=C([O-])[C@H](Cc1cccs1)c1ccccc1. The van der Waals surface area contributed by atoms with Gasteiger partial charge < -0.3 is 9.90 Å². The van der Waals surface area contributed by atoms with Gasteiger partial charge in [0.15, 0.2) is 0 Å². The average molecular weight is 231 g/mol. The first-order chi connectivity index (χ1) is 7.77. The van der Waals surface area contributed by atoms with Gasteiger partial charge in [-0.1, -0.05) is 36.4 Å². The molecule has 0 radical (unpaired) electrons. The van der Waals surface area contributed by atoms with Crippen LogP contribution in [0.25, 0.3) is 0 Å². The molecule has 16 heavy (non-hydrogen) atoms. The van der Waals surface area contributed by atoms with Crippen LogP contribution in [-0.4, -0.2) is 5.97 Å². The normalized spacial score (nSPS) is 12.2. The molecule has 1 heterocycles. The molecule has 0 N–H and O–H groups in total. The summed E-state index contributed by atoms with van der Waals surface area (Å²) < 4.78 is 0. The van der Waals surface area contributed by atoms with Crippen molar-refractivity contribution in [2.75, 3.05) is 0 Å². The predicted octanol–water partition coefficient (Wildman–Crippen LogP) is 1.82. The molecule has 2 aromatic rings. The zero-order valence-corrected chi connectivity index (χ0v) is 9.44. The fourth-order valence-electron chi connectivity index (χ4n) is 1.65. The van der Waals surface area contributed by atoms with E-state index in [9.17, 15) is 9.90 Å². The minimum absolute atomic E-state index is 0.504. The van der Waals surface area contributed by atoms with Crippen molar-refractivity contribution in [1.29, 1.82) is 0 Å². The van der Waals surface area contributed by atoms with Crippen molar-refractivity contribution < 1.29 is 9.90 Å². The fourth-order valence-corrected chi connectivity index (χ4v) is 2.40. The third kappa shape index (κ3) is 2.49. The van der Waals surface area contributed by atoms with Crippen LogP contribution < -0.4 is 5.11 Å². The van der Waals surface area contributed by atoms with Crippen LogP contribution in [0.15, 0.2) is 47.8 Å². The van der Waals surface area contributed by atoms with E-state index in [1.54, 1.807) is 11.3 Å². The van der Waals surface area contributed by atoms with Crippen LogP contribution in [0.2, 0.25) is 0 Å². The maximum absolute atomic E-state index is 11.1. The molecule has 1 aromatic carbocycles. The zero-order chi connectivity index (χ0) is 11.4. The molecule has 0 bridgehead atoms. The van der Waals surface area contributed by atoms with E-state index in [0.717, 1.165) is 10.4 Å². The van der Waals surface area contributed by atoms with Gasteiger partial charge in [0.1, 0.15) is 0 Å². The second-order valence-corrected chi connectivity index (χ2v) is 4.60. The fraction of sp³-hybridized carbons (Fsp3) is 0.154. The first-order valence-corrected chi connectivity index (χ1v) is 5.93. The summed E-state index contributed by atoms with van der Waals surface area (Å²) in [5, 5.41) is 13.1. The summed E-state index contributed by atoms with van der Waals surface area (Å²) in [5.41, 5.74) is 0.802. The Morgan fingerprint density at radius 3 is 2.50 bits per heavy atom. The third-order valence-corrected chi connectivity index (χ3v) is 3.37. The summed E-state index contributed by atoms with van der Waals surface area (Å²) in [6.45, 7) is 0. The maximum atomic E-state index is 11.1. The molecule has 0 aliphatic heterocycles. The van der Waals surface area contributed by atoms with E-state index in [2.05, 4.69) is 0 Å². The highest BCUT2D eigenvalue weighted by molar-refractivity contribution is 7.09. The lowest BCUT2D eigenvalue weighted by Crippen LogP contribution is -2.30. The molecule has 82 valence electrons. The van der Waals surface area contributed by atoms with E-state index in [1.165, 1.54) is 0 Å². The number of rotatable bonds is 4. The molecule has 0 saturated heterocycles. The van der Waals surface area contributed by atoms with Crippen molar-refractivity contribution in [2.24, 2.45) is 0 Å². The average Bonchev–Trinajstić information content (AvgIpc) is 2.79. The van der Waals surface area contributed by atoms with Gasteiger partial charge in [0.05, 0.1) is 0 Å². The van der Waals surface area contributed by atoms with Crippen molar-refractivity contribution in [1.82, 2.24) is 0 Å². The Kier molecular flexibility index (Phi) is 3.37. The van der Waals surface area contributed by atoms with Crippen LogP contribution in [0.4, 0.5) is 0 Å². The minimum atomic E-state index is -1.01. The van der Waals surface area contributed by atoms with E-state index in [0.29, 0.717) is 6.42 Å². The Labute approximate surface area is 98.2 Å². The number of hydrogen-bond donors (Lipinski definition) is 0. The van der Waals surface area contributed by atoms with Crippen molar-refractivity contribution in [2.45, 2.75) is 12.3 Å². The number of carboxylic acid groups (broad SMARTS) is 1. The summed E-state index contributed by atoms with van der Waals surface area (Å²) >= 11 is 1.57. The second-order valence-electron chi connectivity index (χ2n) is 3.57. The predicted molar refractivity (Wildman–Crippen MR) is 62.2 cm³/mol. The molecule has 0 fully saturated rings. The highest BCUT2D eigenvalue weighted by Gasteiger charge is 2.13. The van der Waals surface area contributed by atoms with Gasteiger partial charge in [-0.25, -0.2) is 0 Å². The molecule has 1 aromatic heterocycles. The van der Waals surface area contributed by atoms with E-state index >= 15 is 0 Å². The van der Waals surface area contributed by atoms with Gasteiger partial charge in [-0.15, -0.1) is 11.3 Å². The number of aliphatic carboxylic acids is 1. The summed E-state index contributed by atoms with van der Waals surface area (Å²) in [6.07, 6.45) is 0.504. The smallest absolute Gasteiger partial charge is 0.0492 e. The lowest BCUT2D eigenvalue weighted by molar-refractivity contribution is -0.308. The number of benzene rings is 1. The van der Waals surface area contributed by atoms with Gasteiger partial charge in [-0.3, -0.25) is 0 Å². The molecule has 0 aliphatic carbocycles. The van der Waals surface area contributed by atoms with Crippen molar-refractivity contribution in [3.8, 4) is 0 Å². The first kappa shape index (κ1) is 10.9. The Balaban J connectivity index is 2.22. The van der Waals surface area contributed by atoms with E-state index in [4.69, 9.17) is 0 Å². The zero-order valence-electron chi connectivity index (χ0n) is 8.63. The number of carboxylic acids is 1. The lowest BCUT2D eigenvalue weighted by Gasteiger charge is -2.17. The lowest BCUT2D eigenvalue weighted by atomic mass is 9.95. The first-order valence-electron chi connectivity index (χ1n) is 5.05. The summed E-state index contributed by atoms with van der Waals surface area (Å²) in [4.78, 5) is 12.2. The highest BCUT2D eigenvalue weighted by Crippen LogP contribution is 2.22. The van der Waals surface area contributed by atoms with Gasteiger partial charge in [0, 0.05) is 16.8 Å². The largest absolute Gasteiger partial charge is 0.549 e. The summed E-state index contributed by atoms with van der Waals surface area (Å²) in [7, 11) is 0. The standard InChI is InChI=1S/C13H12O2S/c14-13(15)12(9-11-7-4-8-16-11)10-5-2-1-3-6-10/h1-8,12H,9H2,(H,14,15)/p-1/t12-/m1/s1. The van der Waals surface area contributed by atoms with Crippen LogP contribution in [0.5, 0.6) is 0 Å². The van der Waals surface area contributed by atoms with Gasteiger partial charge >= 0.3 is 0 Å². The van der Waals surface area contributed by atoms with Crippen molar-refractivity contribution >= 4 is 17.3 Å². The van der Waals surface area contributed by atoms with Crippen LogP contribution >= 0.6 is 11.3 Å². The van der Waals surface area contributed by atoms with E-state index in [-0.39, 0.29) is 0 Å². The molecule has 3 heteroatoms. The molecule has 0 spiro atoms. The molecular weight excluding hydrogens is 220 g/mol. The molecule has 0 unspecified atom stereocenters. The number of hydrogen-bond acceptors (Lipinski definition) is 3. The summed E-state index contributed by atoms with van der Waals surface area (Å²) in [5.74, 6) is -1.57. The third-order valence-electron chi connectivity index (χ3n) is 2.47. The van der Waals surface area contributed by atoms with E-state index in [1.807, 2.05) is 47.8 Å². The molecule has 2 rings (SSSR count). The molecule has 0 saturated carbocycles. The molecule has 1 atom stereocenters. The Bertz CT molecular complexity index is 448. The molecule has 0 amide bonds. The Morgan fingerprint density at radius 2 is 1.94 bits per heavy atom. The highest BCUT2D eigenvalue weighted by atomic mass is 32.1. The van der Waals surface area contributed by atoms with Gasteiger partial charge in [-0.2, -0.15) is 0 Å². The Morgan fingerprint density at radius 1 is 1.19 bits per heavy atom. The van der Waals surface area contributed by atoms with Crippen LogP contribution in [0, 0.1) is 0 Å². The van der Waals surface area contributed by atoms with Crippen LogP contribution in [0.3, 0.4) is 0 Å². The number of carbonyl (C=O) groups is 1. The molecule has 2 nitrogen and oxygen atoms in total. The topological polar surface area (TPSA) is 40.1 Å². The summed E-state index contributed by atoms with van der Waals surface area (Å²) in [6, 6.07) is 13.1. The van der Waals surface area contributed by atoms with Gasteiger partial charge in [0.25, 0.3) is 0 Å². The van der Waals surface area contributed by atoms with Crippen molar-refractivity contribution in [3.63, 3.8) is 0 Å². The van der Waals surface area contributed by atoms with Crippen LogP contribution in [-0.2, 0) is 11.2 Å². The molecular formula is C13H11O2S-. The quantitative estimate of drug-likeness (QED) is 0.805. The Hall–Kier alpha value is -1.61. The van der Waals surface area contributed by atoms with Gasteiger partial charge in [-0.05, 0) is 23.4 Å². The van der Waals surface area contributed by atoms with Crippen LogP contribution in [0.1, 0.15) is 16.4 Å². The van der Waals surface area contributed by atoms with E-state index < -0.39 is 11.9 Å². The second kappa shape index (κ2) is 4.94. The maximum Gasteiger partial charge on any atom is 0.0492 e. The van der Waals surface area contributed by atoms with Gasteiger partial charge in [0.2, 0.25) is 0 Å². The van der Waals surface area contributed by atoms with Crippen molar-refractivity contribution in [3.05, 3.63) is 58.3 Å². The number of thiophene rings is 1. The monoisotopic (exact) mass is 231 g/mol. The number of carbonyl (C=O) groups excluding carboxylic acids is 1. The molecule has 0 aliphatic rings. The minimum Gasteiger partial charge on any atom is -0.549 e.